The first kappa shape index (κ1) is 18.5. The molecule has 0 aliphatic carbocycles. The van der Waals surface area contributed by atoms with E-state index in [1.807, 2.05) is 31.2 Å². The molecule has 4 aliphatic heterocycles. The molecule has 2 aromatic carbocycles. The summed E-state index contributed by atoms with van der Waals surface area (Å²) in [6.07, 6.45) is 2.31. The summed E-state index contributed by atoms with van der Waals surface area (Å²) in [7, 11) is 1.68. The van der Waals surface area contributed by atoms with Gasteiger partial charge in [-0.15, -0.1) is 0 Å². The molecule has 0 unspecified atom stereocenters. The Morgan fingerprint density at radius 3 is 2.48 bits per heavy atom. The first-order valence-corrected chi connectivity index (χ1v) is 10.6. The normalized spacial score (nSPS) is 30.3. The minimum Gasteiger partial charge on any atom is -0.507 e. The van der Waals surface area contributed by atoms with Gasteiger partial charge in [-0.25, -0.2) is 0 Å². The van der Waals surface area contributed by atoms with Crippen LogP contribution >= 0.6 is 0 Å². The summed E-state index contributed by atoms with van der Waals surface area (Å²) >= 11 is 0. The van der Waals surface area contributed by atoms with Crippen LogP contribution in [0, 0.1) is 12.8 Å². The molecule has 5 nitrogen and oxygen atoms in total. The number of rotatable bonds is 3. The summed E-state index contributed by atoms with van der Waals surface area (Å²) in [6.45, 7) is 4.89. The number of nitrogens with zero attached hydrogens (tertiary/aromatic N) is 2. The van der Waals surface area contributed by atoms with Crippen LogP contribution in [0.4, 0.5) is 0 Å². The van der Waals surface area contributed by atoms with Crippen LogP contribution in [0.2, 0.25) is 0 Å². The summed E-state index contributed by atoms with van der Waals surface area (Å²) in [5, 5.41) is 10.4. The summed E-state index contributed by atoms with van der Waals surface area (Å²) in [5.74, 6) is 1.72. The second-order valence-corrected chi connectivity index (χ2v) is 8.71. The van der Waals surface area contributed by atoms with E-state index in [9.17, 15) is 9.90 Å². The SMILES string of the molecule is COc1ccc([C@H]2CN(C(=O)c3cc(C)ccc3O)[C@H]3C4CCN(CC4)[C@@H]23)cc1. The zero-order valence-corrected chi connectivity index (χ0v) is 17.0. The molecule has 0 radical (unpaired) electrons. The number of phenolic OH excluding ortho intramolecular Hbond substituents is 1. The van der Waals surface area contributed by atoms with Gasteiger partial charge in [-0.1, -0.05) is 23.8 Å². The number of hydrogen-bond donors (Lipinski definition) is 1. The first-order chi connectivity index (χ1) is 14.1. The molecule has 0 saturated carbocycles. The lowest BCUT2D eigenvalue weighted by atomic mass is 9.75. The minimum absolute atomic E-state index is 0.0361. The van der Waals surface area contributed by atoms with Gasteiger partial charge in [-0.05, 0) is 68.6 Å². The van der Waals surface area contributed by atoms with Gasteiger partial charge in [0.2, 0.25) is 0 Å². The highest BCUT2D eigenvalue weighted by molar-refractivity contribution is 5.97. The maximum absolute atomic E-state index is 13.6. The van der Waals surface area contributed by atoms with Crippen LogP contribution in [0.1, 0.15) is 40.2 Å². The Labute approximate surface area is 171 Å². The highest BCUT2D eigenvalue weighted by atomic mass is 16.5. The summed E-state index contributed by atoms with van der Waals surface area (Å²) in [6, 6.07) is 14.2. The number of amides is 1. The number of carbonyl (C=O) groups excluding carboxylic acids is 1. The van der Waals surface area contributed by atoms with Crippen LogP contribution < -0.4 is 4.74 Å². The Balaban J connectivity index is 1.52. The Morgan fingerprint density at radius 1 is 1.07 bits per heavy atom. The van der Waals surface area contributed by atoms with Crippen molar-refractivity contribution in [3.63, 3.8) is 0 Å². The van der Waals surface area contributed by atoms with Crippen molar-refractivity contribution >= 4 is 5.91 Å². The zero-order chi connectivity index (χ0) is 20.1. The summed E-state index contributed by atoms with van der Waals surface area (Å²) < 4.78 is 5.33. The predicted molar refractivity (Wildman–Crippen MR) is 111 cm³/mol. The van der Waals surface area contributed by atoms with E-state index in [4.69, 9.17) is 4.74 Å². The van der Waals surface area contributed by atoms with Gasteiger partial charge in [0, 0.05) is 18.5 Å². The number of piperidine rings is 3. The van der Waals surface area contributed by atoms with Crippen molar-refractivity contribution in [2.75, 3.05) is 26.7 Å². The van der Waals surface area contributed by atoms with E-state index in [2.05, 4.69) is 21.9 Å². The Kier molecular flexibility index (Phi) is 4.50. The van der Waals surface area contributed by atoms with Gasteiger partial charge in [-0.2, -0.15) is 0 Å². The third-order valence-electron chi connectivity index (χ3n) is 7.18. The van der Waals surface area contributed by atoms with E-state index < -0.39 is 0 Å². The van der Waals surface area contributed by atoms with Crippen molar-refractivity contribution in [2.45, 2.75) is 37.8 Å². The van der Waals surface area contributed by atoms with E-state index in [0.29, 0.717) is 24.1 Å². The molecule has 4 saturated heterocycles. The molecule has 29 heavy (non-hydrogen) atoms. The predicted octanol–water partition coefficient (Wildman–Crippen LogP) is 3.41. The van der Waals surface area contributed by atoms with E-state index in [1.165, 1.54) is 5.56 Å². The fraction of sp³-hybridized carbons (Fsp3) is 0.458. The number of aromatic hydroxyl groups is 1. The number of benzene rings is 2. The Bertz CT molecular complexity index is 918. The molecule has 6 rings (SSSR count). The lowest BCUT2D eigenvalue weighted by Gasteiger charge is -2.51. The maximum atomic E-state index is 13.6. The number of hydrogen-bond acceptors (Lipinski definition) is 4. The average Bonchev–Trinajstić information content (AvgIpc) is 3.19. The number of phenols is 1. The molecule has 0 aromatic heterocycles. The minimum atomic E-state index is -0.0361. The molecule has 152 valence electrons. The molecular formula is C24H28N2O3. The quantitative estimate of drug-likeness (QED) is 0.870. The molecule has 1 amide bonds. The van der Waals surface area contributed by atoms with Crippen molar-refractivity contribution in [1.29, 1.82) is 0 Å². The topological polar surface area (TPSA) is 53.0 Å². The molecule has 2 aromatic rings. The zero-order valence-electron chi connectivity index (χ0n) is 17.0. The Morgan fingerprint density at radius 2 is 1.79 bits per heavy atom. The van der Waals surface area contributed by atoms with E-state index >= 15 is 0 Å². The third-order valence-corrected chi connectivity index (χ3v) is 7.18. The lowest BCUT2D eigenvalue weighted by Crippen LogP contribution is -2.60. The van der Waals surface area contributed by atoms with Crippen LogP contribution in [0.15, 0.2) is 42.5 Å². The Hall–Kier alpha value is -2.53. The van der Waals surface area contributed by atoms with Gasteiger partial charge in [0.25, 0.3) is 5.91 Å². The van der Waals surface area contributed by atoms with E-state index in [0.717, 1.165) is 37.2 Å². The largest absolute Gasteiger partial charge is 0.507 e. The summed E-state index contributed by atoms with van der Waals surface area (Å²) in [5.41, 5.74) is 2.68. The van der Waals surface area contributed by atoms with Crippen LogP contribution in [0.3, 0.4) is 0 Å². The molecule has 0 spiro atoms. The van der Waals surface area contributed by atoms with Gasteiger partial charge < -0.3 is 14.7 Å². The molecular weight excluding hydrogens is 364 g/mol. The molecule has 3 atom stereocenters. The number of likely N-dealkylation sites (tertiary alicyclic amines) is 1. The molecule has 2 bridgehead atoms. The van der Waals surface area contributed by atoms with Crippen LogP contribution in [0.5, 0.6) is 11.5 Å². The van der Waals surface area contributed by atoms with Crippen molar-refractivity contribution in [2.24, 2.45) is 5.92 Å². The average molecular weight is 392 g/mol. The van der Waals surface area contributed by atoms with Crippen LogP contribution in [-0.4, -0.2) is 59.6 Å². The monoisotopic (exact) mass is 392 g/mol. The van der Waals surface area contributed by atoms with Crippen molar-refractivity contribution < 1.29 is 14.6 Å². The number of carbonyl (C=O) groups is 1. The lowest BCUT2D eigenvalue weighted by molar-refractivity contribution is -0.00348. The van der Waals surface area contributed by atoms with Gasteiger partial charge in [0.05, 0.1) is 18.7 Å². The molecule has 1 N–H and O–H groups in total. The fourth-order valence-electron chi connectivity index (χ4n) is 5.77. The highest BCUT2D eigenvalue weighted by Gasteiger charge is 2.54. The molecule has 4 fully saturated rings. The van der Waals surface area contributed by atoms with Crippen molar-refractivity contribution in [3.8, 4) is 11.5 Å². The summed E-state index contributed by atoms with van der Waals surface area (Å²) in [4.78, 5) is 18.2. The van der Waals surface area contributed by atoms with Gasteiger partial charge in [0.15, 0.2) is 0 Å². The standard InChI is InChI=1S/C24H28N2O3/c1-15-3-8-21(27)19(13-15)24(28)26-14-20(16-4-6-18(29-2)7-5-16)23-22(26)17-9-11-25(23)12-10-17/h3-8,13,17,20,22-23,27H,9-12,14H2,1-2H3/t20-,22+,23+/m1/s1. The molecule has 4 aliphatic rings. The number of aryl methyl sites for hydroxylation is 1. The highest BCUT2D eigenvalue weighted by Crippen LogP contribution is 2.47. The van der Waals surface area contributed by atoms with Crippen molar-refractivity contribution in [1.82, 2.24) is 9.80 Å². The smallest absolute Gasteiger partial charge is 0.257 e. The first-order valence-electron chi connectivity index (χ1n) is 10.6. The fourth-order valence-corrected chi connectivity index (χ4v) is 5.77. The third kappa shape index (κ3) is 2.99. The van der Waals surface area contributed by atoms with E-state index in [1.54, 1.807) is 13.2 Å². The number of methoxy groups -OCH3 is 1. The van der Waals surface area contributed by atoms with Gasteiger partial charge in [-0.3, -0.25) is 9.69 Å². The van der Waals surface area contributed by atoms with Gasteiger partial charge >= 0.3 is 0 Å². The number of ether oxygens (including phenoxy) is 1. The van der Waals surface area contributed by atoms with Crippen LogP contribution in [-0.2, 0) is 0 Å². The molecule has 4 heterocycles. The van der Waals surface area contributed by atoms with E-state index in [-0.39, 0.29) is 23.6 Å². The van der Waals surface area contributed by atoms with Crippen LogP contribution in [0.25, 0.3) is 0 Å². The maximum Gasteiger partial charge on any atom is 0.257 e. The van der Waals surface area contributed by atoms with Crippen molar-refractivity contribution in [3.05, 3.63) is 59.2 Å². The second kappa shape index (κ2) is 7.06. The second-order valence-electron chi connectivity index (χ2n) is 8.71. The number of fused-ring (bicyclic) bond motifs is 2. The van der Waals surface area contributed by atoms with Gasteiger partial charge in [0.1, 0.15) is 11.5 Å². The molecule has 5 heteroatoms.